The van der Waals surface area contributed by atoms with Crippen molar-refractivity contribution < 1.29 is 0 Å². The molecule has 2 nitrogen and oxygen atoms in total. The van der Waals surface area contributed by atoms with Crippen molar-refractivity contribution in [2.24, 2.45) is 0 Å². The highest BCUT2D eigenvalue weighted by molar-refractivity contribution is 5.20. The van der Waals surface area contributed by atoms with Crippen molar-refractivity contribution in [3.8, 4) is 0 Å². The van der Waals surface area contributed by atoms with Gasteiger partial charge in [-0.1, -0.05) is 60.7 Å². The first-order valence-electron chi connectivity index (χ1n) is 9.35. The maximum Gasteiger partial charge on any atom is 0.0352 e. The SMILES string of the molecule is CC(c1ccccc1)N1CCC2(CCCN2Cc2ccccc2)C1. The van der Waals surface area contributed by atoms with Crippen LogP contribution in [0.3, 0.4) is 0 Å². The van der Waals surface area contributed by atoms with Gasteiger partial charge in [-0.2, -0.15) is 0 Å². The van der Waals surface area contributed by atoms with Crippen molar-refractivity contribution in [2.75, 3.05) is 19.6 Å². The van der Waals surface area contributed by atoms with E-state index in [2.05, 4.69) is 77.4 Å². The van der Waals surface area contributed by atoms with Crippen molar-refractivity contribution in [1.82, 2.24) is 9.80 Å². The molecule has 2 unspecified atom stereocenters. The first kappa shape index (κ1) is 15.9. The average Bonchev–Trinajstić information content (AvgIpc) is 3.24. The summed E-state index contributed by atoms with van der Waals surface area (Å²) in [6.45, 7) is 7.17. The fourth-order valence-corrected chi connectivity index (χ4v) is 4.67. The maximum absolute atomic E-state index is 2.76. The lowest BCUT2D eigenvalue weighted by atomic mass is 9.94. The van der Waals surface area contributed by atoms with Crippen LogP contribution in [0.2, 0.25) is 0 Å². The first-order valence-corrected chi connectivity index (χ1v) is 9.35. The normalized spacial score (nSPS) is 26.2. The van der Waals surface area contributed by atoms with Crippen LogP contribution in [0.5, 0.6) is 0 Å². The van der Waals surface area contributed by atoms with Gasteiger partial charge in [-0.15, -0.1) is 0 Å². The van der Waals surface area contributed by atoms with E-state index in [1.165, 1.54) is 50.0 Å². The topological polar surface area (TPSA) is 6.48 Å². The van der Waals surface area contributed by atoms with Crippen molar-refractivity contribution in [3.63, 3.8) is 0 Å². The number of nitrogens with zero attached hydrogens (tertiary/aromatic N) is 2. The van der Waals surface area contributed by atoms with E-state index in [1.54, 1.807) is 0 Å². The van der Waals surface area contributed by atoms with Gasteiger partial charge in [0.15, 0.2) is 0 Å². The summed E-state index contributed by atoms with van der Waals surface area (Å²) in [6, 6.07) is 22.5. The molecule has 0 bridgehead atoms. The Bertz CT molecular complexity index is 654. The molecule has 0 N–H and O–H groups in total. The van der Waals surface area contributed by atoms with Crippen molar-refractivity contribution in [3.05, 3.63) is 71.8 Å². The van der Waals surface area contributed by atoms with E-state index in [4.69, 9.17) is 0 Å². The fraction of sp³-hybridized carbons (Fsp3) is 0.455. The van der Waals surface area contributed by atoms with Crippen molar-refractivity contribution >= 4 is 0 Å². The van der Waals surface area contributed by atoms with Crippen LogP contribution in [0.25, 0.3) is 0 Å². The molecular weight excluding hydrogens is 292 g/mol. The number of hydrogen-bond donors (Lipinski definition) is 0. The smallest absolute Gasteiger partial charge is 0.0352 e. The molecule has 2 heterocycles. The minimum atomic E-state index is 0.402. The maximum atomic E-state index is 2.76. The van der Waals surface area contributed by atoms with E-state index >= 15 is 0 Å². The van der Waals surface area contributed by atoms with Gasteiger partial charge in [-0.3, -0.25) is 9.80 Å². The van der Waals surface area contributed by atoms with Crippen LogP contribution >= 0.6 is 0 Å². The molecule has 2 fully saturated rings. The zero-order valence-electron chi connectivity index (χ0n) is 14.7. The molecule has 2 saturated heterocycles. The Morgan fingerprint density at radius 2 is 1.62 bits per heavy atom. The van der Waals surface area contributed by atoms with Gasteiger partial charge in [0, 0.05) is 31.2 Å². The molecule has 126 valence electrons. The molecule has 2 aromatic carbocycles. The molecule has 0 radical (unpaired) electrons. The van der Waals surface area contributed by atoms with Crippen LogP contribution in [0.15, 0.2) is 60.7 Å². The Hall–Kier alpha value is -1.64. The summed E-state index contributed by atoms with van der Waals surface area (Å²) in [7, 11) is 0. The minimum absolute atomic E-state index is 0.402. The summed E-state index contributed by atoms with van der Waals surface area (Å²) >= 11 is 0. The summed E-state index contributed by atoms with van der Waals surface area (Å²) in [5.41, 5.74) is 3.30. The quantitative estimate of drug-likeness (QED) is 0.819. The molecule has 1 spiro atoms. The second-order valence-corrected chi connectivity index (χ2v) is 7.54. The molecule has 0 aromatic heterocycles. The van der Waals surface area contributed by atoms with Crippen LogP contribution in [0, 0.1) is 0 Å². The average molecular weight is 320 g/mol. The standard InChI is InChI=1S/C22H28N2/c1-19(21-11-6-3-7-12-21)23-16-14-22(18-23)13-8-15-24(22)17-20-9-4-2-5-10-20/h2-7,9-12,19H,8,13-18H2,1H3. The van der Waals surface area contributed by atoms with E-state index in [1.807, 2.05) is 0 Å². The Labute approximate surface area is 146 Å². The zero-order chi connectivity index (χ0) is 16.4. The third-order valence-electron chi connectivity index (χ3n) is 6.15. The second kappa shape index (κ2) is 6.70. The largest absolute Gasteiger partial charge is 0.295 e. The molecule has 2 aromatic rings. The molecule has 2 aliphatic heterocycles. The van der Waals surface area contributed by atoms with Gasteiger partial charge in [0.1, 0.15) is 0 Å². The molecule has 0 amide bonds. The van der Waals surface area contributed by atoms with Crippen LogP contribution in [0.1, 0.15) is 43.4 Å². The summed E-state index contributed by atoms with van der Waals surface area (Å²) in [5, 5.41) is 0. The van der Waals surface area contributed by atoms with Gasteiger partial charge in [0.2, 0.25) is 0 Å². The first-order chi connectivity index (χ1) is 11.8. The van der Waals surface area contributed by atoms with Gasteiger partial charge in [0.25, 0.3) is 0 Å². The van der Waals surface area contributed by atoms with Crippen molar-refractivity contribution in [1.29, 1.82) is 0 Å². The van der Waals surface area contributed by atoms with Gasteiger partial charge in [-0.05, 0) is 43.9 Å². The minimum Gasteiger partial charge on any atom is -0.295 e. The highest BCUT2D eigenvalue weighted by Gasteiger charge is 2.46. The van der Waals surface area contributed by atoms with E-state index in [0.717, 1.165) is 6.54 Å². The Morgan fingerprint density at radius 3 is 2.38 bits per heavy atom. The van der Waals surface area contributed by atoms with Crippen LogP contribution in [0.4, 0.5) is 0 Å². The van der Waals surface area contributed by atoms with Crippen LogP contribution < -0.4 is 0 Å². The Kier molecular flexibility index (Phi) is 4.43. The number of hydrogen-bond acceptors (Lipinski definition) is 2. The number of likely N-dealkylation sites (tertiary alicyclic amines) is 2. The van der Waals surface area contributed by atoms with Crippen molar-refractivity contribution in [2.45, 2.75) is 44.3 Å². The molecule has 2 heteroatoms. The van der Waals surface area contributed by atoms with E-state index in [-0.39, 0.29) is 0 Å². The van der Waals surface area contributed by atoms with Crippen LogP contribution in [-0.2, 0) is 6.54 Å². The Morgan fingerprint density at radius 1 is 0.917 bits per heavy atom. The molecule has 0 aliphatic carbocycles. The summed E-state index contributed by atoms with van der Waals surface area (Å²) in [4.78, 5) is 5.46. The fourth-order valence-electron chi connectivity index (χ4n) is 4.67. The molecule has 2 aliphatic rings. The second-order valence-electron chi connectivity index (χ2n) is 7.54. The van der Waals surface area contributed by atoms with E-state index in [0.29, 0.717) is 11.6 Å². The zero-order valence-corrected chi connectivity index (χ0v) is 14.7. The predicted octanol–water partition coefficient (Wildman–Crippen LogP) is 4.49. The van der Waals surface area contributed by atoms with Crippen LogP contribution in [-0.4, -0.2) is 35.0 Å². The number of rotatable bonds is 4. The lowest BCUT2D eigenvalue weighted by molar-refractivity contribution is 0.123. The molecular formula is C22H28N2. The van der Waals surface area contributed by atoms with Gasteiger partial charge in [0.05, 0.1) is 0 Å². The lowest BCUT2D eigenvalue weighted by Crippen LogP contribution is -2.45. The molecule has 4 rings (SSSR count). The highest BCUT2D eigenvalue weighted by atomic mass is 15.3. The third kappa shape index (κ3) is 3.01. The monoisotopic (exact) mass is 320 g/mol. The summed E-state index contributed by atoms with van der Waals surface area (Å²) < 4.78 is 0. The summed E-state index contributed by atoms with van der Waals surface area (Å²) in [5.74, 6) is 0. The number of benzene rings is 2. The van der Waals surface area contributed by atoms with Gasteiger partial charge < -0.3 is 0 Å². The molecule has 0 saturated carbocycles. The third-order valence-corrected chi connectivity index (χ3v) is 6.15. The molecule has 24 heavy (non-hydrogen) atoms. The van der Waals surface area contributed by atoms with E-state index < -0.39 is 0 Å². The van der Waals surface area contributed by atoms with Gasteiger partial charge >= 0.3 is 0 Å². The van der Waals surface area contributed by atoms with Gasteiger partial charge in [-0.25, -0.2) is 0 Å². The van der Waals surface area contributed by atoms with E-state index in [9.17, 15) is 0 Å². The Balaban J connectivity index is 1.47. The summed E-state index contributed by atoms with van der Waals surface area (Å²) in [6.07, 6.45) is 4.02. The predicted molar refractivity (Wildman–Crippen MR) is 99.9 cm³/mol. The molecule has 2 atom stereocenters. The highest BCUT2D eigenvalue weighted by Crippen LogP contribution is 2.41. The lowest BCUT2D eigenvalue weighted by Gasteiger charge is -2.36.